The zero-order chi connectivity index (χ0) is 25.2. The number of benzene rings is 1. The average Bonchev–Trinajstić information content (AvgIpc) is 2.82. The monoisotopic (exact) mass is 511 g/mol. The summed E-state index contributed by atoms with van der Waals surface area (Å²) < 4.78 is 44.2. The van der Waals surface area contributed by atoms with Gasteiger partial charge in [0.05, 0.1) is 12.4 Å². The molecule has 11 heteroatoms. The van der Waals surface area contributed by atoms with Gasteiger partial charge in [-0.3, -0.25) is 4.90 Å². The number of piperazine rings is 1. The first-order valence-electron chi connectivity index (χ1n) is 11.7. The first-order chi connectivity index (χ1) is 16.6. The smallest absolute Gasteiger partial charge is 0.434 e. The summed E-state index contributed by atoms with van der Waals surface area (Å²) in [7, 11) is 0. The molecule has 1 aromatic carbocycles. The Morgan fingerprint density at radius 2 is 1.74 bits per heavy atom. The molecule has 2 atom stereocenters. The number of nitrogens with zero attached hydrogens (tertiary/aromatic N) is 5. The minimum Gasteiger partial charge on any atom is -0.446 e. The Labute approximate surface area is 207 Å². The van der Waals surface area contributed by atoms with Crippen molar-refractivity contribution in [1.82, 2.24) is 19.8 Å². The van der Waals surface area contributed by atoms with Crippen molar-refractivity contribution in [3.63, 3.8) is 0 Å². The Balaban J connectivity index is 1.27. The molecule has 2 aromatic rings. The van der Waals surface area contributed by atoms with Crippen LogP contribution in [0.4, 0.5) is 23.8 Å². The summed E-state index contributed by atoms with van der Waals surface area (Å²) in [6, 6.07) is 7.48. The third kappa shape index (κ3) is 6.35. The van der Waals surface area contributed by atoms with Crippen molar-refractivity contribution in [2.24, 2.45) is 0 Å². The molecule has 2 aliphatic rings. The summed E-state index contributed by atoms with van der Waals surface area (Å²) >= 11 is 5.95. The molecule has 0 unspecified atom stereocenters. The summed E-state index contributed by atoms with van der Waals surface area (Å²) in [4.78, 5) is 26.3. The fourth-order valence-electron chi connectivity index (χ4n) is 4.56. The van der Waals surface area contributed by atoms with Crippen molar-refractivity contribution in [2.45, 2.75) is 57.6 Å². The molecular formula is C24H29ClF3N5O2. The summed E-state index contributed by atoms with van der Waals surface area (Å²) in [5.41, 5.74) is 0.173. The van der Waals surface area contributed by atoms with Gasteiger partial charge in [0.1, 0.15) is 11.9 Å². The highest BCUT2D eigenvalue weighted by Crippen LogP contribution is 2.29. The van der Waals surface area contributed by atoms with Crippen LogP contribution in [0.5, 0.6) is 0 Å². The van der Waals surface area contributed by atoms with Crippen LogP contribution in [0.2, 0.25) is 5.02 Å². The van der Waals surface area contributed by atoms with Gasteiger partial charge in [0.2, 0.25) is 0 Å². The van der Waals surface area contributed by atoms with Gasteiger partial charge in [-0.05, 0) is 44.4 Å². The quantitative estimate of drug-likeness (QED) is 0.585. The Morgan fingerprint density at radius 3 is 2.34 bits per heavy atom. The van der Waals surface area contributed by atoms with E-state index in [1.807, 2.05) is 43.0 Å². The van der Waals surface area contributed by atoms with Crippen molar-refractivity contribution >= 4 is 23.5 Å². The molecule has 190 valence electrons. The molecule has 3 heterocycles. The number of ether oxygens (including phenoxy) is 1. The van der Waals surface area contributed by atoms with Crippen molar-refractivity contribution in [1.29, 1.82) is 0 Å². The molecule has 2 saturated heterocycles. The van der Waals surface area contributed by atoms with Gasteiger partial charge >= 0.3 is 12.3 Å². The van der Waals surface area contributed by atoms with Crippen LogP contribution in [-0.4, -0.2) is 70.2 Å². The van der Waals surface area contributed by atoms with E-state index < -0.39 is 11.9 Å². The van der Waals surface area contributed by atoms with Gasteiger partial charge in [0.25, 0.3) is 0 Å². The van der Waals surface area contributed by atoms with Gasteiger partial charge in [-0.25, -0.2) is 14.8 Å². The van der Waals surface area contributed by atoms with Crippen LogP contribution < -0.4 is 4.90 Å². The van der Waals surface area contributed by atoms with E-state index in [1.165, 1.54) is 5.56 Å². The predicted octanol–water partition coefficient (Wildman–Crippen LogP) is 4.85. The topological polar surface area (TPSA) is 61.8 Å². The van der Waals surface area contributed by atoms with Crippen molar-refractivity contribution < 1.29 is 22.7 Å². The lowest BCUT2D eigenvalue weighted by atomic mass is 10.1. The first kappa shape index (κ1) is 25.5. The van der Waals surface area contributed by atoms with Gasteiger partial charge in [-0.1, -0.05) is 23.7 Å². The van der Waals surface area contributed by atoms with E-state index in [1.54, 1.807) is 4.90 Å². The van der Waals surface area contributed by atoms with Crippen LogP contribution in [0, 0.1) is 0 Å². The number of alkyl halides is 3. The Morgan fingerprint density at radius 1 is 1.06 bits per heavy atom. The lowest BCUT2D eigenvalue weighted by Crippen LogP contribution is -2.59. The summed E-state index contributed by atoms with van der Waals surface area (Å²) in [5.74, 6) is 0.360. The number of anilines is 1. The number of halogens is 4. The van der Waals surface area contributed by atoms with Crippen LogP contribution in [-0.2, 0) is 17.5 Å². The predicted molar refractivity (Wildman–Crippen MR) is 126 cm³/mol. The molecule has 2 aliphatic heterocycles. The van der Waals surface area contributed by atoms with Crippen LogP contribution in [0.25, 0.3) is 0 Å². The molecule has 0 saturated carbocycles. The van der Waals surface area contributed by atoms with E-state index in [0.29, 0.717) is 18.9 Å². The van der Waals surface area contributed by atoms with Crippen molar-refractivity contribution in [2.75, 3.05) is 31.1 Å². The van der Waals surface area contributed by atoms with Gasteiger partial charge in [0, 0.05) is 49.8 Å². The van der Waals surface area contributed by atoms with Crippen LogP contribution >= 0.6 is 11.6 Å². The van der Waals surface area contributed by atoms with Crippen LogP contribution in [0.3, 0.4) is 0 Å². The van der Waals surface area contributed by atoms with Crippen molar-refractivity contribution in [3.05, 3.63) is 52.9 Å². The molecule has 0 bridgehead atoms. The Bertz CT molecular complexity index is 998. The zero-order valence-corrected chi connectivity index (χ0v) is 20.5. The number of carbonyl (C=O) groups is 1. The number of likely N-dealkylation sites (tertiary alicyclic amines) is 1. The molecule has 0 spiro atoms. The maximum Gasteiger partial charge on any atom is 0.434 e. The summed E-state index contributed by atoms with van der Waals surface area (Å²) in [6.45, 7) is 7.13. The van der Waals surface area contributed by atoms with Gasteiger partial charge in [-0.2, -0.15) is 13.2 Å². The average molecular weight is 512 g/mol. The van der Waals surface area contributed by atoms with E-state index >= 15 is 0 Å². The number of piperidine rings is 1. The number of rotatable bonds is 4. The second-order valence-corrected chi connectivity index (χ2v) is 9.68. The van der Waals surface area contributed by atoms with E-state index in [-0.39, 0.29) is 24.3 Å². The Kier molecular flexibility index (Phi) is 7.70. The number of aromatic nitrogens is 2. The first-order valence-corrected chi connectivity index (χ1v) is 12.1. The van der Waals surface area contributed by atoms with Gasteiger partial charge in [0.15, 0.2) is 5.69 Å². The normalized spacial score (nSPS) is 22.3. The molecule has 4 rings (SSSR count). The molecule has 1 aromatic heterocycles. The zero-order valence-electron chi connectivity index (χ0n) is 19.7. The maximum atomic E-state index is 12.9. The maximum absolute atomic E-state index is 12.9. The number of carbonyl (C=O) groups excluding carboxylic acids is 1. The van der Waals surface area contributed by atoms with Crippen molar-refractivity contribution in [3.8, 4) is 0 Å². The third-order valence-electron chi connectivity index (χ3n) is 6.56. The lowest BCUT2D eigenvalue weighted by Gasteiger charge is -2.44. The minimum absolute atomic E-state index is 0.134. The second-order valence-electron chi connectivity index (χ2n) is 9.25. The third-order valence-corrected chi connectivity index (χ3v) is 6.82. The number of amides is 1. The summed E-state index contributed by atoms with van der Waals surface area (Å²) in [6.07, 6.45) is -1.60. The van der Waals surface area contributed by atoms with Crippen LogP contribution in [0.15, 0.2) is 36.7 Å². The van der Waals surface area contributed by atoms with E-state index in [4.69, 9.17) is 16.3 Å². The lowest BCUT2D eigenvalue weighted by molar-refractivity contribution is -0.141. The number of hydrogen-bond donors (Lipinski definition) is 0. The molecule has 35 heavy (non-hydrogen) atoms. The summed E-state index contributed by atoms with van der Waals surface area (Å²) in [5, 5.41) is 0.719. The van der Waals surface area contributed by atoms with Gasteiger partial charge < -0.3 is 14.5 Å². The second kappa shape index (κ2) is 10.6. The molecule has 0 aliphatic carbocycles. The SMILES string of the molecule is C[C@@H]1CN(c2cnc(C(F)(F)F)cn2)[C@@H](C)CN1C(=O)OC1CCN(Cc2ccc(Cl)cc2)CC1. The fraction of sp³-hybridized carbons (Fsp3) is 0.542. The highest BCUT2D eigenvalue weighted by Gasteiger charge is 2.36. The number of hydrogen-bond acceptors (Lipinski definition) is 6. The van der Waals surface area contributed by atoms with Crippen LogP contribution in [0.1, 0.15) is 37.9 Å². The minimum atomic E-state index is -4.53. The van der Waals surface area contributed by atoms with E-state index in [2.05, 4.69) is 14.9 Å². The largest absolute Gasteiger partial charge is 0.446 e. The highest BCUT2D eigenvalue weighted by molar-refractivity contribution is 6.30. The van der Waals surface area contributed by atoms with E-state index in [9.17, 15) is 18.0 Å². The Hall–Kier alpha value is -2.59. The molecule has 0 radical (unpaired) electrons. The molecule has 1 amide bonds. The molecule has 2 fully saturated rings. The standard InChI is InChI=1S/C24H29ClF3N5O2/c1-16-14-33(17(2)13-32(16)22-12-29-21(11-30-22)24(26,27)28)23(34)35-20-7-9-31(10-8-20)15-18-3-5-19(25)6-4-18/h3-6,11-12,16-17,20H,7-10,13-15H2,1-2H3/t16-,17+/m0/s1. The molecule has 0 N–H and O–H groups in total. The highest BCUT2D eigenvalue weighted by atomic mass is 35.5. The van der Waals surface area contributed by atoms with Gasteiger partial charge in [-0.15, -0.1) is 0 Å². The van der Waals surface area contributed by atoms with E-state index in [0.717, 1.165) is 49.9 Å². The fourth-order valence-corrected chi connectivity index (χ4v) is 4.69. The molecule has 7 nitrogen and oxygen atoms in total. The molecular weight excluding hydrogens is 483 g/mol.